The minimum absolute atomic E-state index is 0.0503. The van der Waals surface area contributed by atoms with Crippen molar-refractivity contribution in [3.05, 3.63) is 16.1 Å². The Kier molecular flexibility index (Phi) is 2.34. The Labute approximate surface area is 94.6 Å². The first-order valence-corrected chi connectivity index (χ1v) is 5.25. The lowest BCUT2D eigenvalue weighted by Gasteiger charge is -2.23. The number of carbonyl (C=O) groups is 1. The molecule has 0 saturated heterocycles. The Morgan fingerprint density at radius 3 is 2.80 bits per heavy atom. The van der Waals surface area contributed by atoms with Crippen molar-refractivity contribution in [3.8, 4) is 17.2 Å². The normalized spacial score (nSPS) is 19.6. The maximum absolute atomic E-state index is 11.2. The molecular weight excluding hydrogens is 264 g/mol. The highest BCUT2D eigenvalue weighted by Crippen LogP contribution is 2.48. The van der Waals surface area contributed by atoms with Gasteiger partial charge in [-0.3, -0.25) is 4.79 Å². The highest BCUT2D eigenvalue weighted by Gasteiger charge is 2.30. The fourth-order valence-electron chi connectivity index (χ4n) is 1.71. The molecular formula is C10H9BrO4. The molecule has 0 fully saturated rings. The molecule has 0 radical (unpaired) electrons. The van der Waals surface area contributed by atoms with E-state index in [0.29, 0.717) is 10.0 Å². The SMILES string of the molecule is CC1CC(=O)Oc2c(Br)c(O)cc(O)c21. The van der Waals surface area contributed by atoms with E-state index < -0.39 is 0 Å². The summed E-state index contributed by atoms with van der Waals surface area (Å²) in [6.45, 7) is 1.82. The monoisotopic (exact) mass is 272 g/mol. The number of aromatic hydroxyl groups is 2. The zero-order chi connectivity index (χ0) is 11.2. The lowest BCUT2D eigenvalue weighted by atomic mass is 9.93. The third kappa shape index (κ3) is 1.56. The predicted octanol–water partition coefficient (Wildman–Crippen LogP) is 2.27. The number of benzene rings is 1. The summed E-state index contributed by atoms with van der Waals surface area (Å²) in [4.78, 5) is 11.2. The van der Waals surface area contributed by atoms with Crippen LogP contribution in [0.25, 0.3) is 0 Å². The summed E-state index contributed by atoms with van der Waals surface area (Å²) in [6.07, 6.45) is 0.234. The van der Waals surface area contributed by atoms with Gasteiger partial charge in [0.15, 0.2) is 5.75 Å². The number of phenolic OH excluding ortho intramolecular Hbond substituents is 2. The largest absolute Gasteiger partial charge is 0.507 e. The summed E-state index contributed by atoms with van der Waals surface area (Å²) < 4.78 is 5.29. The Bertz CT molecular complexity index is 442. The molecule has 0 amide bonds. The molecule has 0 bridgehead atoms. The first-order chi connectivity index (χ1) is 7.00. The maximum atomic E-state index is 11.2. The number of phenols is 2. The molecule has 2 rings (SSSR count). The molecule has 15 heavy (non-hydrogen) atoms. The van der Waals surface area contributed by atoms with Crippen LogP contribution < -0.4 is 4.74 Å². The van der Waals surface area contributed by atoms with Crippen LogP contribution in [0, 0.1) is 0 Å². The Balaban J connectivity index is 2.68. The van der Waals surface area contributed by atoms with E-state index in [2.05, 4.69) is 15.9 Å². The molecule has 0 saturated carbocycles. The van der Waals surface area contributed by atoms with Gasteiger partial charge in [-0.2, -0.15) is 0 Å². The summed E-state index contributed by atoms with van der Waals surface area (Å²) in [5.74, 6) is -0.450. The van der Waals surface area contributed by atoms with Crippen LogP contribution in [0.4, 0.5) is 0 Å². The lowest BCUT2D eigenvalue weighted by Crippen LogP contribution is -2.19. The van der Waals surface area contributed by atoms with Crippen molar-refractivity contribution < 1.29 is 19.7 Å². The predicted molar refractivity (Wildman–Crippen MR) is 56.1 cm³/mol. The second-order valence-corrected chi connectivity index (χ2v) is 4.34. The first kappa shape index (κ1) is 10.3. The number of hydrogen-bond donors (Lipinski definition) is 2. The third-order valence-electron chi connectivity index (χ3n) is 2.40. The minimum Gasteiger partial charge on any atom is -0.507 e. The van der Waals surface area contributed by atoms with E-state index in [0.717, 1.165) is 0 Å². The van der Waals surface area contributed by atoms with E-state index in [1.807, 2.05) is 6.92 Å². The summed E-state index contributed by atoms with van der Waals surface area (Å²) in [5.41, 5.74) is 0.555. The molecule has 1 aromatic rings. The van der Waals surface area contributed by atoms with Gasteiger partial charge in [0.1, 0.15) is 16.0 Å². The molecule has 1 aromatic carbocycles. The van der Waals surface area contributed by atoms with Gasteiger partial charge in [0, 0.05) is 11.6 Å². The van der Waals surface area contributed by atoms with Gasteiger partial charge in [0.25, 0.3) is 0 Å². The van der Waals surface area contributed by atoms with E-state index >= 15 is 0 Å². The third-order valence-corrected chi connectivity index (χ3v) is 3.17. The highest BCUT2D eigenvalue weighted by atomic mass is 79.9. The number of esters is 1. The molecule has 80 valence electrons. The molecule has 1 atom stereocenters. The molecule has 1 aliphatic heterocycles. The number of halogens is 1. The van der Waals surface area contributed by atoms with Gasteiger partial charge < -0.3 is 14.9 Å². The molecule has 4 nitrogen and oxygen atoms in total. The number of hydrogen-bond acceptors (Lipinski definition) is 4. The van der Waals surface area contributed by atoms with E-state index in [1.165, 1.54) is 6.07 Å². The highest BCUT2D eigenvalue weighted by molar-refractivity contribution is 9.10. The molecule has 1 unspecified atom stereocenters. The summed E-state index contributed by atoms with van der Waals surface area (Å²) in [5, 5.41) is 19.1. The quantitative estimate of drug-likeness (QED) is 0.562. The Hall–Kier alpha value is -1.23. The molecule has 1 aliphatic rings. The number of rotatable bonds is 0. The summed E-state index contributed by atoms with van der Waals surface area (Å²) in [7, 11) is 0. The van der Waals surface area contributed by atoms with Crippen LogP contribution >= 0.6 is 15.9 Å². The van der Waals surface area contributed by atoms with Crippen LogP contribution in [0.1, 0.15) is 24.8 Å². The van der Waals surface area contributed by atoms with Crippen LogP contribution in [-0.4, -0.2) is 16.2 Å². The zero-order valence-electron chi connectivity index (χ0n) is 7.95. The van der Waals surface area contributed by atoms with Crippen molar-refractivity contribution in [1.82, 2.24) is 0 Å². The van der Waals surface area contributed by atoms with Crippen molar-refractivity contribution in [3.63, 3.8) is 0 Å². The van der Waals surface area contributed by atoms with Crippen molar-refractivity contribution in [2.24, 2.45) is 0 Å². The van der Waals surface area contributed by atoms with Crippen LogP contribution in [0.3, 0.4) is 0 Å². The van der Waals surface area contributed by atoms with Gasteiger partial charge in [-0.25, -0.2) is 0 Å². The molecule has 0 aliphatic carbocycles. The van der Waals surface area contributed by atoms with Gasteiger partial charge in [0.05, 0.1) is 6.42 Å². The van der Waals surface area contributed by atoms with Crippen LogP contribution in [0.2, 0.25) is 0 Å². The minimum atomic E-state index is -0.360. The van der Waals surface area contributed by atoms with Crippen molar-refractivity contribution in [2.45, 2.75) is 19.3 Å². The average molecular weight is 273 g/mol. The molecule has 0 aromatic heterocycles. The molecule has 2 N–H and O–H groups in total. The maximum Gasteiger partial charge on any atom is 0.311 e. The van der Waals surface area contributed by atoms with Gasteiger partial charge in [-0.15, -0.1) is 0 Å². The average Bonchev–Trinajstić information content (AvgIpc) is 2.12. The van der Waals surface area contributed by atoms with E-state index in [-0.39, 0.29) is 35.6 Å². The molecule has 0 spiro atoms. The van der Waals surface area contributed by atoms with Crippen molar-refractivity contribution >= 4 is 21.9 Å². The van der Waals surface area contributed by atoms with Gasteiger partial charge in [-0.05, 0) is 21.8 Å². The second kappa shape index (κ2) is 3.41. The Morgan fingerprint density at radius 1 is 1.47 bits per heavy atom. The second-order valence-electron chi connectivity index (χ2n) is 3.55. The number of carbonyl (C=O) groups excluding carboxylic acids is 1. The fourth-order valence-corrected chi connectivity index (χ4v) is 2.11. The van der Waals surface area contributed by atoms with E-state index in [4.69, 9.17) is 4.74 Å². The topological polar surface area (TPSA) is 66.8 Å². The van der Waals surface area contributed by atoms with Crippen LogP contribution in [0.15, 0.2) is 10.5 Å². The fraction of sp³-hybridized carbons (Fsp3) is 0.300. The first-order valence-electron chi connectivity index (χ1n) is 4.45. The van der Waals surface area contributed by atoms with Crippen molar-refractivity contribution in [2.75, 3.05) is 0 Å². The van der Waals surface area contributed by atoms with E-state index in [1.54, 1.807) is 0 Å². The van der Waals surface area contributed by atoms with Crippen molar-refractivity contribution in [1.29, 1.82) is 0 Å². The number of fused-ring (bicyclic) bond motifs is 1. The van der Waals surface area contributed by atoms with Gasteiger partial charge >= 0.3 is 5.97 Å². The Morgan fingerprint density at radius 2 is 2.13 bits per heavy atom. The smallest absolute Gasteiger partial charge is 0.311 e. The molecule has 1 heterocycles. The van der Waals surface area contributed by atoms with E-state index in [9.17, 15) is 15.0 Å². The van der Waals surface area contributed by atoms with Crippen LogP contribution in [-0.2, 0) is 4.79 Å². The van der Waals surface area contributed by atoms with Gasteiger partial charge in [0.2, 0.25) is 0 Å². The molecule has 5 heteroatoms. The van der Waals surface area contributed by atoms with Gasteiger partial charge in [-0.1, -0.05) is 6.92 Å². The summed E-state index contributed by atoms with van der Waals surface area (Å²) in [6, 6.07) is 1.23. The van der Waals surface area contributed by atoms with Crippen LogP contribution in [0.5, 0.6) is 17.2 Å². The lowest BCUT2D eigenvalue weighted by molar-refractivity contribution is -0.135. The standard InChI is InChI=1S/C10H9BrO4/c1-4-2-7(14)15-10-8(4)5(12)3-6(13)9(10)11/h3-4,12-13H,2H2,1H3. The zero-order valence-corrected chi connectivity index (χ0v) is 9.54. The summed E-state index contributed by atoms with van der Waals surface area (Å²) >= 11 is 3.12. The number of ether oxygens (including phenoxy) is 1.